The van der Waals surface area contributed by atoms with Gasteiger partial charge in [-0.2, -0.15) is 0 Å². The van der Waals surface area contributed by atoms with E-state index in [1.165, 1.54) is 0 Å². The highest BCUT2D eigenvalue weighted by Crippen LogP contribution is 2.38. The van der Waals surface area contributed by atoms with Gasteiger partial charge in [-0.1, -0.05) is 31.5 Å². The van der Waals surface area contributed by atoms with Gasteiger partial charge in [0.2, 0.25) is 5.91 Å². The van der Waals surface area contributed by atoms with Crippen molar-refractivity contribution < 1.29 is 19.8 Å². The van der Waals surface area contributed by atoms with Gasteiger partial charge in [-0.05, 0) is 24.8 Å². The maximum atomic E-state index is 12.3. The smallest absolute Gasteiger partial charge is 0.307 e. The third-order valence-electron chi connectivity index (χ3n) is 4.34. The number of para-hydroxylation sites is 1. The van der Waals surface area contributed by atoms with E-state index in [-0.39, 0.29) is 18.2 Å². The Kier molecular flexibility index (Phi) is 4.83. The molecule has 1 aromatic rings. The summed E-state index contributed by atoms with van der Waals surface area (Å²) < 4.78 is 0. The van der Waals surface area contributed by atoms with Crippen LogP contribution in [0.4, 0.5) is 0 Å². The van der Waals surface area contributed by atoms with Crippen LogP contribution in [0.5, 0.6) is 5.75 Å². The third kappa shape index (κ3) is 3.54. The van der Waals surface area contributed by atoms with Crippen LogP contribution >= 0.6 is 0 Å². The van der Waals surface area contributed by atoms with Gasteiger partial charge in [0.15, 0.2) is 0 Å². The second-order valence-corrected chi connectivity index (χ2v) is 5.64. The van der Waals surface area contributed by atoms with E-state index in [9.17, 15) is 19.8 Å². The Balaban J connectivity index is 1.99. The fourth-order valence-electron chi connectivity index (χ4n) is 3.01. The molecule has 1 amide bonds. The summed E-state index contributed by atoms with van der Waals surface area (Å²) >= 11 is 0. The largest absolute Gasteiger partial charge is 0.508 e. The van der Waals surface area contributed by atoms with Crippen LogP contribution in [-0.4, -0.2) is 22.1 Å². The van der Waals surface area contributed by atoms with E-state index in [1.54, 1.807) is 24.3 Å². The summed E-state index contributed by atoms with van der Waals surface area (Å²) in [5, 5.41) is 21.7. The molecule has 3 unspecified atom stereocenters. The molecule has 2 rings (SSSR count). The van der Waals surface area contributed by atoms with Crippen LogP contribution in [0.25, 0.3) is 0 Å². The number of carbonyl (C=O) groups excluding carboxylic acids is 1. The number of phenolic OH excluding ortho intramolecular Hbond substituents is 1. The Morgan fingerprint density at radius 3 is 2.52 bits per heavy atom. The van der Waals surface area contributed by atoms with Crippen LogP contribution in [0.1, 0.15) is 31.7 Å². The highest BCUT2D eigenvalue weighted by atomic mass is 16.4. The second-order valence-electron chi connectivity index (χ2n) is 5.64. The molecule has 1 saturated carbocycles. The zero-order valence-corrected chi connectivity index (χ0v) is 12.1. The van der Waals surface area contributed by atoms with Crippen molar-refractivity contribution in [3.8, 4) is 5.75 Å². The van der Waals surface area contributed by atoms with Crippen molar-refractivity contribution in [2.45, 2.75) is 32.7 Å². The zero-order valence-electron chi connectivity index (χ0n) is 12.1. The van der Waals surface area contributed by atoms with E-state index in [4.69, 9.17) is 0 Å². The molecule has 0 saturated heterocycles. The molecule has 5 heteroatoms. The third-order valence-corrected chi connectivity index (χ3v) is 4.34. The molecular formula is C16H21NO4. The molecule has 0 aliphatic heterocycles. The van der Waals surface area contributed by atoms with Crippen LogP contribution in [-0.2, 0) is 16.1 Å². The average molecular weight is 291 g/mol. The van der Waals surface area contributed by atoms with Crippen molar-refractivity contribution in [3.63, 3.8) is 0 Å². The highest BCUT2D eigenvalue weighted by molar-refractivity contribution is 5.85. The number of nitrogens with one attached hydrogen (secondary N) is 1. The monoisotopic (exact) mass is 291 g/mol. The minimum Gasteiger partial charge on any atom is -0.508 e. The number of aromatic hydroxyl groups is 1. The maximum absolute atomic E-state index is 12.3. The summed E-state index contributed by atoms with van der Waals surface area (Å²) in [4.78, 5) is 23.5. The fraction of sp³-hybridized carbons (Fsp3) is 0.500. The lowest BCUT2D eigenvalue weighted by atomic mass is 9.95. The Bertz CT molecular complexity index is 529. The number of aliphatic carboxylic acids is 1. The van der Waals surface area contributed by atoms with E-state index in [1.807, 2.05) is 6.92 Å². The number of rotatable bonds is 5. The molecule has 0 spiro atoms. The van der Waals surface area contributed by atoms with Crippen molar-refractivity contribution in [1.82, 2.24) is 5.32 Å². The van der Waals surface area contributed by atoms with Crippen LogP contribution in [0.3, 0.4) is 0 Å². The Labute approximate surface area is 124 Å². The second kappa shape index (κ2) is 6.61. The first-order valence-electron chi connectivity index (χ1n) is 7.30. The van der Waals surface area contributed by atoms with Crippen molar-refractivity contribution in [1.29, 1.82) is 0 Å². The van der Waals surface area contributed by atoms with E-state index in [0.29, 0.717) is 24.3 Å². The molecule has 1 aromatic carbocycles. The molecule has 114 valence electrons. The maximum Gasteiger partial charge on any atom is 0.307 e. The predicted molar refractivity (Wildman–Crippen MR) is 77.6 cm³/mol. The molecule has 0 heterocycles. The van der Waals surface area contributed by atoms with Gasteiger partial charge < -0.3 is 15.5 Å². The molecule has 5 nitrogen and oxygen atoms in total. The SMILES string of the molecule is CCC1CC(C(=O)O)C(C(=O)NCc2ccccc2O)C1. The number of hydrogen-bond donors (Lipinski definition) is 3. The molecule has 3 atom stereocenters. The number of phenols is 1. The van der Waals surface area contributed by atoms with Crippen molar-refractivity contribution >= 4 is 11.9 Å². The first kappa shape index (κ1) is 15.4. The lowest BCUT2D eigenvalue weighted by Crippen LogP contribution is -2.34. The average Bonchev–Trinajstić information content (AvgIpc) is 2.90. The molecule has 1 fully saturated rings. The highest BCUT2D eigenvalue weighted by Gasteiger charge is 2.41. The number of amides is 1. The van der Waals surface area contributed by atoms with E-state index >= 15 is 0 Å². The van der Waals surface area contributed by atoms with Gasteiger partial charge in [-0.3, -0.25) is 9.59 Å². The zero-order chi connectivity index (χ0) is 15.4. The topological polar surface area (TPSA) is 86.6 Å². The van der Waals surface area contributed by atoms with E-state index in [2.05, 4.69) is 5.32 Å². The molecule has 0 bridgehead atoms. The molecule has 0 aromatic heterocycles. The Hall–Kier alpha value is -2.04. The summed E-state index contributed by atoms with van der Waals surface area (Å²) in [6.45, 7) is 2.23. The van der Waals surface area contributed by atoms with Crippen molar-refractivity contribution in [3.05, 3.63) is 29.8 Å². The lowest BCUT2D eigenvalue weighted by molar-refractivity contribution is -0.146. The fourth-order valence-corrected chi connectivity index (χ4v) is 3.01. The van der Waals surface area contributed by atoms with Crippen LogP contribution in [0.2, 0.25) is 0 Å². The number of carboxylic acids is 1. The minimum absolute atomic E-state index is 0.130. The molecule has 0 radical (unpaired) electrons. The number of hydrogen-bond acceptors (Lipinski definition) is 3. The first-order chi connectivity index (χ1) is 10.0. The van der Waals surface area contributed by atoms with Crippen molar-refractivity contribution in [2.24, 2.45) is 17.8 Å². The van der Waals surface area contributed by atoms with Gasteiger partial charge >= 0.3 is 5.97 Å². The van der Waals surface area contributed by atoms with Crippen LogP contribution < -0.4 is 5.32 Å². The normalized spacial score (nSPS) is 24.7. The van der Waals surface area contributed by atoms with Crippen LogP contribution in [0, 0.1) is 17.8 Å². The summed E-state index contributed by atoms with van der Waals surface area (Å²) in [6.07, 6.45) is 2.09. The van der Waals surface area contributed by atoms with Gasteiger partial charge in [0.25, 0.3) is 0 Å². The predicted octanol–water partition coefficient (Wildman–Crippen LogP) is 2.15. The molecule has 3 N–H and O–H groups in total. The molecule has 1 aliphatic carbocycles. The van der Waals surface area contributed by atoms with E-state index in [0.717, 1.165) is 6.42 Å². The number of carboxylic acid groups (broad SMARTS) is 1. The van der Waals surface area contributed by atoms with Gasteiger partial charge in [0.05, 0.1) is 11.8 Å². The van der Waals surface area contributed by atoms with Crippen molar-refractivity contribution in [2.75, 3.05) is 0 Å². The van der Waals surface area contributed by atoms with Gasteiger partial charge in [-0.15, -0.1) is 0 Å². The molecule has 21 heavy (non-hydrogen) atoms. The van der Waals surface area contributed by atoms with Gasteiger partial charge in [0, 0.05) is 12.1 Å². The summed E-state index contributed by atoms with van der Waals surface area (Å²) in [7, 11) is 0. The van der Waals surface area contributed by atoms with Gasteiger partial charge in [0.1, 0.15) is 5.75 Å². The molecule has 1 aliphatic rings. The molecular weight excluding hydrogens is 270 g/mol. The minimum atomic E-state index is -0.895. The quantitative estimate of drug-likeness (QED) is 0.775. The summed E-state index contributed by atoms with van der Waals surface area (Å²) in [5.74, 6) is -1.77. The number of carbonyl (C=O) groups is 2. The summed E-state index contributed by atoms with van der Waals surface area (Å²) in [6, 6.07) is 6.78. The summed E-state index contributed by atoms with van der Waals surface area (Å²) in [5.41, 5.74) is 0.628. The Morgan fingerprint density at radius 1 is 1.24 bits per heavy atom. The van der Waals surface area contributed by atoms with Crippen LogP contribution in [0.15, 0.2) is 24.3 Å². The van der Waals surface area contributed by atoms with Gasteiger partial charge in [-0.25, -0.2) is 0 Å². The van der Waals surface area contributed by atoms with E-state index < -0.39 is 17.8 Å². The lowest BCUT2D eigenvalue weighted by Gasteiger charge is -2.15. The standard InChI is InChI=1S/C16H21NO4/c1-2-10-7-12(13(8-10)16(20)21)15(19)17-9-11-5-3-4-6-14(11)18/h3-6,10,12-13,18H,2,7-9H2,1H3,(H,17,19)(H,20,21). The Morgan fingerprint density at radius 2 is 1.90 bits per heavy atom. The first-order valence-corrected chi connectivity index (χ1v) is 7.30. The number of benzene rings is 1.